The molecule has 0 bridgehead atoms. The fourth-order valence-electron chi connectivity index (χ4n) is 1.87. The van der Waals surface area contributed by atoms with Crippen LogP contribution in [0.2, 0.25) is 0 Å². The van der Waals surface area contributed by atoms with E-state index in [-0.39, 0.29) is 11.8 Å². The normalized spacial score (nSPS) is 13.8. The van der Waals surface area contributed by atoms with Crippen molar-refractivity contribution < 1.29 is 9.59 Å². The van der Waals surface area contributed by atoms with E-state index in [0.29, 0.717) is 22.9 Å². The Morgan fingerprint density at radius 2 is 1.90 bits per heavy atom. The third-order valence-corrected chi connectivity index (χ3v) is 3.80. The van der Waals surface area contributed by atoms with Crippen LogP contribution in [0.3, 0.4) is 0 Å². The fraction of sp³-hybridized carbons (Fsp3) is 0.200. The van der Waals surface area contributed by atoms with Crippen LogP contribution in [0.4, 0.5) is 5.69 Å². The number of carbonyl (C=O) groups is 2. The molecule has 0 unspecified atom stereocenters. The molecular formula is C15H14N2O2S. The Balaban J connectivity index is 1.78. The van der Waals surface area contributed by atoms with Crippen LogP contribution in [0.5, 0.6) is 0 Å². The second-order valence-corrected chi connectivity index (χ2v) is 5.54. The molecule has 2 amide bonds. The minimum absolute atomic E-state index is 0.131. The van der Waals surface area contributed by atoms with E-state index < -0.39 is 0 Å². The molecule has 102 valence electrons. The molecule has 2 N–H and O–H groups in total. The van der Waals surface area contributed by atoms with E-state index in [4.69, 9.17) is 0 Å². The van der Waals surface area contributed by atoms with E-state index >= 15 is 0 Å². The zero-order chi connectivity index (χ0) is 13.9. The number of hydrogen-bond donors (Lipinski definition) is 2. The van der Waals surface area contributed by atoms with Crippen LogP contribution in [-0.2, 0) is 0 Å². The molecular weight excluding hydrogens is 272 g/mol. The third-order valence-electron chi connectivity index (χ3n) is 3.12. The van der Waals surface area contributed by atoms with Gasteiger partial charge in [0.1, 0.15) is 0 Å². The van der Waals surface area contributed by atoms with Crippen molar-refractivity contribution in [2.24, 2.45) is 0 Å². The summed E-state index contributed by atoms with van der Waals surface area (Å²) in [4.78, 5) is 24.2. The van der Waals surface area contributed by atoms with Crippen molar-refractivity contribution in [3.63, 3.8) is 0 Å². The molecule has 1 heterocycles. The Kier molecular flexibility index (Phi) is 3.52. The predicted octanol–water partition coefficient (Wildman–Crippen LogP) is 2.89. The highest BCUT2D eigenvalue weighted by molar-refractivity contribution is 7.08. The smallest absolute Gasteiger partial charge is 0.256 e. The first-order valence-electron chi connectivity index (χ1n) is 6.47. The Morgan fingerprint density at radius 1 is 1.10 bits per heavy atom. The molecule has 1 aromatic heterocycles. The number of benzene rings is 1. The highest BCUT2D eigenvalue weighted by atomic mass is 32.1. The average molecular weight is 286 g/mol. The molecule has 0 saturated heterocycles. The Hall–Kier alpha value is -2.14. The Bertz CT molecular complexity index is 633. The van der Waals surface area contributed by atoms with Gasteiger partial charge in [-0.15, -0.1) is 0 Å². The standard InChI is InChI=1S/C15H14N2O2S/c18-14(10-7-8-20-9-10)17-13-4-2-1-3-12(13)15(19)16-11-5-6-11/h1-4,7-9,11H,5-6H2,(H,16,19)(H,17,18). The molecule has 1 aliphatic carbocycles. The number of para-hydroxylation sites is 1. The molecule has 0 atom stereocenters. The molecule has 0 spiro atoms. The third kappa shape index (κ3) is 2.88. The van der Waals surface area contributed by atoms with Crippen molar-refractivity contribution in [1.29, 1.82) is 0 Å². The van der Waals surface area contributed by atoms with Gasteiger partial charge in [0.15, 0.2) is 0 Å². The maximum atomic E-state index is 12.1. The number of carbonyl (C=O) groups excluding carboxylic acids is 2. The number of nitrogens with one attached hydrogen (secondary N) is 2. The summed E-state index contributed by atoms with van der Waals surface area (Å²) in [5, 5.41) is 9.35. The van der Waals surface area contributed by atoms with Gasteiger partial charge in [0, 0.05) is 11.4 Å². The van der Waals surface area contributed by atoms with Crippen LogP contribution in [0.1, 0.15) is 33.6 Å². The van der Waals surface area contributed by atoms with Crippen molar-refractivity contribution >= 4 is 28.8 Å². The summed E-state index contributed by atoms with van der Waals surface area (Å²) in [5.41, 5.74) is 1.65. The van der Waals surface area contributed by atoms with Gasteiger partial charge in [0.2, 0.25) is 0 Å². The Labute approximate surface area is 120 Å². The topological polar surface area (TPSA) is 58.2 Å². The lowest BCUT2D eigenvalue weighted by atomic mass is 10.1. The number of anilines is 1. The first kappa shape index (κ1) is 12.9. The van der Waals surface area contributed by atoms with Gasteiger partial charge in [-0.05, 0) is 36.4 Å². The second kappa shape index (κ2) is 5.46. The maximum absolute atomic E-state index is 12.1. The number of thiophene rings is 1. The molecule has 4 nitrogen and oxygen atoms in total. The van der Waals surface area contributed by atoms with E-state index in [1.807, 2.05) is 5.38 Å². The first-order chi connectivity index (χ1) is 9.74. The van der Waals surface area contributed by atoms with E-state index in [1.165, 1.54) is 11.3 Å². The summed E-state index contributed by atoms with van der Waals surface area (Å²) >= 11 is 1.47. The van der Waals surface area contributed by atoms with Crippen LogP contribution in [-0.4, -0.2) is 17.9 Å². The summed E-state index contributed by atoms with van der Waals surface area (Å²) < 4.78 is 0. The molecule has 1 aromatic carbocycles. The zero-order valence-electron chi connectivity index (χ0n) is 10.8. The fourth-order valence-corrected chi connectivity index (χ4v) is 2.51. The highest BCUT2D eigenvalue weighted by Gasteiger charge is 2.25. The average Bonchev–Trinajstić information content (AvgIpc) is 3.08. The minimum Gasteiger partial charge on any atom is -0.349 e. The second-order valence-electron chi connectivity index (χ2n) is 4.76. The lowest BCUT2D eigenvalue weighted by Crippen LogP contribution is -2.26. The van der Waals surface area contributed by atoms with Crippen LogP contribution < -0.4 is 10.6 Å². The van der Waals surface area contributed by atoms with Gasteiger partial charge in [-0.2, -0.15) is 11.3 Å². The molecule has 1 saturated carbocycles. The van der Waals surface area contributed by atoms with Crippen molar-refractivity contribution in [3.05, 3.63) is 52.2 Å². The zero-order valence-corrected chi connectivity index (χ0v) is 11.6. The molecule has 0 aliphatic heterocycles. The van der Waals surface area contributed by atoms with Crippen LogP contribution >= 0.6 is 11.3 Å². The lowest BCUT2D eigenvalue weighted by molar-refractivity contribution is 0.0952. The van der Waals surface area contributed by atoms with Crippen LogP contribution in [0.25, 0.3) is 0 Å². The van der Waals surface area contributed by atoms with Gasteiger partial charge >= 0.3 is 0 Å². The molecule has 2 aromatic rings. The molecule has 20 heavy (non-hydrogen) atoms. The van der Waals surface area contributed by atoms with Crippen molar-refractivity contribution in [2.75, 3.05) is 5.32 Å². The maximum Gasteiger partial charge on any atom is 0.256 e. The quantitative estimate of drug-likeness (QED) is 0.908. The molecule has 0 radical (unpaired) electrons. The van der Waals surface area contributed by atoms with Gasteiger partial charge in [-0.25, -0.2) is 0 Å². The summed E-state index contributed by atoms with van der Waals surface area (Å²) in [6, 6.07) is 9.11. The molecule has 5 heteroatoms. The van der Waals surface area contributed by atoms with Crippen molar-refractivity contribution in [2.45, 2.75) is 18.9 Å². The van der Waals surface area contributed by atoms with Gasteiger partial charge < -0.3 is 10.6 Å². The largest absolute Gasteiger partial charge is 0.349 e. The SMILES string of the molecule is O=C(Nc1ccccc1C(=O)NC1CC1)c1ccsc1. The van der Waals surface area contributed by atoms with Crippen molar-refractivity contribution in [1.82, 2.24) is 5.32 Å². The number of rotatable bonds is 4. The van der Waals surface area contributed by atoms with E-state index in [0.717, 1.165) is 12.8 Å². The highest BCUT2D eigenvalue weighted by Crippen LogP contribution is 2.22. The minimum atomic E-state index is -0.196. The van der Waals surface area contributed by atoms with Crippen LogP contribution in [0.15, 0.2) is 41.1 Å². The molecule has 1 fully saturated rings. The summed E-state index contributed by atoms with van der Waals surface area (Å²) in [7, 11) is 0. The van der Waals surface area contributed by atoms with E-state index in [9.17, 15) is 9.59 Å². The molecule has 1 aliphatic rings. The summed E-state index contributed by atoms with van der Waals surface area (Å²) in [5.74, 6) is -0.327. The predicted molar refractivity (Wildman–Crippen MR) is 79.2 cm³/mol. The lowest BCUT2D eigenvalue weighted by Gasteiger charge is -2.10. The van der Waals surface area contributed by atoms with Gasteiger partial charge in [0.05, 0.1) is 16.8 Å². The summed E-state index contributed by atoms with van der Waals surface area (Å²) in [6.45, 7) is 0. The van der Waals surface area contributed by atoms with E-state index in [1.54, 1.807) is 35.7 Å². The molecule has 3 rings (SSSR count). The summed E-state index contributed by atoms with van der Waals surface area (Å²) in [6.07, 6.45) is 2.07. The van der Waals surface area contributed by atoms with Crippen molar-refractivity contribution in [3.8, 4) is 0 Å². The number of amides is 2. The number of hydrogen-bond acceptors (Lipinski definition) is 3. The first-order valence-corrected chi connectivity index (χ1v) is 7.42. The Morgan fingerprint density at radius 3 is 2.60 bits per heavy atom. The van der Waals surface area contributed by atoms with Gasteiger partial charge in [-0.3, -0.25) is 9.59 Å². The van der Waals surface area contributed by atoms with E-state index in [2.05, 4.69) is 10.6 Å². The van der Waals surface area contributed by atoms with Gasteiger partial charge in [-0.1, -0.05) is 12.1 Å². The van der Waals surface area contributed by atoms with Crippen LogP contribution in [0, 0.1) is 0 Å². The monoisotopic (exact) mass is 286 g/mol. The van der Waals surface area contributed by atoms with Gasteiger partial charge in [0.25, 0.3) is 11.8 Å².